The molecule has 0 atom stereocenters. The van der Waals surface area contributed by atoms with Crippen molar-refractivity contribution in [2.24, 2.45) is 0 Å². The van der Waals surface area contributed by atoms with Crippen LogP contribution in [0.15, 0.2) is 12.2 Å². The molecule has 0 saturated carbocycles. The van der Waals surface area contributed by atoms with Gasteiger partial charge in [-0.2, -0.15) is 0 Å². The van der Waals surface area contributed by atoms with Gasteiger partial charge in [0.15, 0.2) is 0 Å². The van der Waals surface area contributed by atoms with Crippen LogP contribution < -0.4 is 0 Å². The maximum atomic E-state index is 11.9. The van der Waals surface area contributed by atoms with Crippen LogP contribution in [0.4, 0.5) is 0 Å². The number of ether oxygens (including phenoxy) is 8. The standard InChI is InChI=1S/C26H45NO11/c1-2-31-10-11-33-14-15-35-18-19-37-22-23-38-21-20-36-17-16-34-13-12-32-9-3-4-24(28)7-8-27-25(29)5-6-26(27)30/h5-6H,2-4,7-23H2,1H3. The van der Waals surface area contributed by atoms with E-state index >= 15 is 0 Å². The first-order chi connectivity index (χ1) is 18.6. The average molecular weight is 548 g/mol. The van der Waals surface area contributed by atoms with Gasteiger partial charge in [-0.3, -0.25) is 19.3 Å². The third-order valence-corrected chi connectivity index (χ3v) is 5.07. The van der Waals surface area contributed by atoms with Crippen LogP contribution in [0.25, 0.3) is 0 Å². The fraction of sp³-hybridized carbons (Fsp3) is 0.808. The smallest absolute Gasteiger partial charge is 0.253 e. The van der Waals surface area contributed by atoms with E-state index in [1.807, 2.05) is 6.92 Å². The van der Waals surface area contributed by atoms with Crippen molar-refractivity contribution in [2.75, 3.05) is 112 Å². The van der Waals surface area contributed by atoms with E-state index in [0.29, 0.717) is 119 Å². The highest BCUT2D eigenvalue weighted by molar-refractivity contribution is 6.13. The van der Waals surface area contributed by atoms with Crippen molar-refractivity contribution in [3.8, 4) is 0 Å². The highest BCUT2D eigenvalue weighted by Gasteiger charge is 2.23. The van der Waals surface area contributed by atoms with Crippen LogP contribution in [0.5, 0.6) is 0 Å². The van der Waals surface area contributed by atoms with Crippen molar-refractivity contribution in [3.63, 3.8) is 0 Å². The molecule has 38 heavy (non-hydrogen) atoms. The lowest BCUT2D eigenvalue weighted by molar-refractivity contribution is -0.137. The van der Waals surface area contributed by atoms with Crippen molar-refractivity contribution in [3.05, 3.63) is 12.2 Å². The predicted molar refractivity (Wildman–Crippen MR) is 137 cm³/mol. The molecule has 0 aromatic heterocycles. The van der Waals surface area contributed by atoms with Crippen molar-refractivity contribution in [1.82, 2.24) is 4.90 Å². The molecule has 0 N–H and O–H groups in total. The zero-order valence-electron chi connectivity index (χ0n) is 22.7. The summed E-state index contributed by atoms with van der Waals surface area (Å²) in [6.45, 7) is 10.3. The Hall–Kier alpha value is -1.77. The summed E-state index contributed by atoms with van der Waals surface area (Å²) in [6.07, 6.45) is 3.54. The maximum absolute atomic E-state index is 11.9. The normalized spacial score (nSPS) is 13.2. The molecule has 12 heteroatoms. The molecule has 0 aromatic rings. The number of rotatable bonds is 29. The molecule has 1 aliphatic heterocycles. The molecule has 0 unspecified atom stereocenters. The lowest BCUT2D eigenvalue weighted by atomic mass is 10.1. The van der Waals surface area contributed by atoms with Gasteiger partial charge in [0.1, 0.15) is 5.78 Å². The zero-order chi connectivity index (χ0) is 27.5. The Labute approximate surface area is 225 Å². The monoisotopic (exact) mass is 547 g/mol. The maximum Gasteiger partial charge on any atom is 0.253 e. The van der Waals surface area contributed by atoms with Crippen LogP contribution in [0.1, 0.15) is 26.2 Å². The van der Waals surface area contributed by atoms with Crippen LogP contribution in [-0.2, 0) is 52.3 Å². The molecule has 1 heterocycles. The van der Waals surface area contributed by atoms with Crippen molar-refractivity contribution >= 4 is 17.6 Å². The van der Waals surface area contributed by atoms with Crippen LogP contribution in [0.2, 0.25) is 0 Å². The molecular weight excluding hydrogens is 502 g/mol. The van der Waals surface area contributed by atoms with Gasteiger partial charge in [0.05, 0.1) is 92.5 Å². The second kappa shape index (κ2) is 25.5. The first-order valence-corrected chi connectivity index (χ1v) is 13.3. The Bertz CT molecular complexity index is 627. The summed E-state index contributed by atoms with van der Waals surface area (Å²) in [4.78, 5) is 35.8. The van der Waals surface area contributed by atoms with E-state index in [0.717, 1.165) is 4.90 Å². The highest BCUT2D eigenvalue weighted by Crippen LogP contribution is 2.06. The second-order valence-corrected chi connectivity index (χ2v) is 8.04. The van der Waals surface area contributed by atoms with Gasteiger partial charge in [-0.1, -0.05) is 0 Å². The van der Waals surface area contributed by atoms with Crippen LogP contribution in [-0.4, -0.2) is 135 Å². The number of imide groups is 1. The summed E-state index contributed by atoms with van der Waals surface area (Å²) in [5.41, 5.74) is 0. The van der Waals surface area contributed by atoms with Crippen LogP contribution in [0.3, 0.4) is 0 Å². The number of carbonyl (C=O) groups excluding carboxylic acids is 3. The lowest BCUT2D eigenvalue weighted by Crippen LogP contribution is -2.32. The van der Waals surface area contributed by atoms with Gasteiger partial charge in [0, 0.05) is 44.8 Å². The fourth-order valence-corrected chi connectivity index (χ4v) is 3.07. The Morgan fingerprint density at radius 2 is 0.895 bits per heavy atom. The molecule has 1 rings (SSSR count). The number of ketones is 1. The van der Waals surface area contributed by atoms with Gasteiger partial charge in [-0.25, -0.2) is 0 Å². The van der Waals surface area contributed by atoms with Gasteiger partial charge in [-0.15, -0.1) is 0 Å². The van der Waals surface area contributed by atoms with Gasteiger partial charge in [-0.05, 0) is 13.3 Å². The third kappa shape index (κ3) is 20.2. The molecule has 0 radical (unpaired) electrons. The summed E-state index contributed by atoms with van der Waals surface area (Å²) in [5.74, 6) is -0.728. The number of hydrogen-bond acceptors (Lipinski definition) is 11. The van der Waals surface area contributed by atoms with Gasteiger partial charge in [0.2, 0.25) is 0 Å². The Morgan fingerprint density at radius 3 is 1.26 bits per heavy atom. The van der Waals surface area contributed by atoms with Crippen molar-refractivity contribution in [2.45, 2.75) is 26.2 Å². The Balaban J connectivity index is 1.69. The molecule has 0 fully saturated rings. The predicted octanol–water partition coefficient (Wildman–Crippen LogP) is 0.804. The summed E-state index contributed by atoms with van der Waals surface area (Å²) in [7, 11) is 0. The number of nitrogens with zero attached hydrogens (tertiary/aromatic N) is 1. The summed E-state index contributed by atoms with van der Waals surface area (Å²) >= 11 is 0. The fourth-order valence-electron chi connectivity index (χ4n) is 3.07. The molecule has 2 amide bonds. The summed E-state index contributed by atoms with van der Waals surface area (Å²) < 4.78 is 43.1. The zero-order valence-corrected chi connectivity index (χ0v) is 22.7. The first-order valence-electron chi connectivity index (χ1n) is 13.3. The highest BCUT2D eigenvalue weighted by atomic mass is 16.6. The molecule has 0 aliphatic carbocycles. The largest absolute Gasteiger partial charge is 0.379 e. The minimum absolute atomic E-state index is 0.00223. The van der Waals surface area contributed by atoms with Gasteiger partial charge >= 0.3 is 0 Å². The summed E-state index contributed by atoms with van der Waals surface area (Å²) in [6, 6.07) is 0. The SMILES string of the molecule is CCOCCOCCOCCOCCOCCOCCOCCOCCCC(=O)CCN1C(=O)C=CC1=O. The van der Waals surface area contributed by atoms with E-state index in [1.54, 1.807) is 0 Å². The van der Waals surface area contributed by atoms with Crippen LogP contribution >= 0.6 is 0 Å². The first kappa shape index (κ1) is 34.3. The Morgan fingerprint density at radius 1 is 0.553 bits per heavy atom. The molecule has 0 saturated heterocycles. The van der Waals surface area contributed by atoms with E-state index in [9.17, 15) is 14.4 Å². The number of hydrogen-bond donors (Lipinski definition) is 0. The van der Waals surface area contributed by atoms with Crippen molar-refractivity contribution < 1.29 is 52.3 Å². The molecule has 0 bridgehead atoms. The minimum Gasteiger partial charge on any atom is -0.379 e. The molecule has 220 valence electrons. The third-order valence-electron chi connectivity index (χ3n) is 5.07. The lowest BCUT2D eigenvalue weighted by Gasteiger charge is -2.12. The molecule has 0 aromatic carbocycles. The molecule has 0 spiro atoms. The number of Topliss-reactive ketones (excluding diaryl/α,β-unsaturated/α-hetero) is 1. The molecular formula is C26H45NO11. The van der Waals surface area contributed by atoms with Gasteiger partial charge < -0.3 is 37.9 Å². The quantitative estimate of drug-likeness (QED) is 0.0974. The number of carbonyl (C=O) groups is 3. The van der Waals surface area contributed by atoms with E-state index in [2.05, 4.69) is 0 Å². The second-order valence-electron chi connectivity index (χ2n) is 8.04. The summed E-state index contributed by atoms with van der Waals surface area (Å²) in [5, 5.41) is 0. The average Bonchev–Trinajstić information content (AvgIpc) is 3.24. The molecule has 12 nitrogen and oxygen atoms in total. The van der Waals surface area contributed by atoms with E-state index in [-0.39, 0.29) is 30.6 Å². The Kier molecular flexibility index (Phi) is 23.0. The van der Waals surface area contributed by atoms with Crippen molar-refractivity contribution in [1.29, 1.82) is 0 Å². The number of amides is 2. The van der Waals surface area contributed by atoms with Gasteiger partial charge in [0.25, 0.3) is 11.8 Å². The topological polar surface area (TPSA) is 128 Å². The van der Waals surface area contributed by atoms with E-state index in [1.165, 1.54) is 12.2 Å². The molecule has 1 aliphatic rings. The van der Waals surface area contributed by atoms with Crippen LogP contribution in [0, 0.1) is 0 Å². The minimum atomic E-state index is -0.365. The van der Waals surface area contributed by atoms with E-state index in [4.69, 9.17) is 37.9 Å². The van der Waals surface area contributed by atoms with E-state index < -0.39 is 0 Å².